The highest BCUT2D eigenvalue weighted by Crippen LogP contribution is 2.36. The van der Waals surface area contributed by atoms with Crippen molar-refractivity contribution in [3.63, 3.8) is 0 Å². The van der Waals surface area contributed by atoms with E-state index in [2.05, 4.69) is 17.6 Å². The van der Waals surface area contributed by atoms with E-state index in [4.69, 9.17) is 0 Å². The SMILES string of the molecule is CCCC1CC1NC(=O)NCC1(C(=O)O)CCCCCC1. The number of amides is 2. The van der Waals surface area contributed by atoms with E-state index in [0.717, 1.165) is 44.9 Å². The second-order valence-corrected chi connectivity index (χ2v) is 6.72. The Labute approximate surface area is 126 Å². The van der Waals surface area contributed by atoms with Crippen molar-refractivity contribution in [1.29, 1.82) is 0 Å². The van der Waals surface area contributed by atoms with Gasteiger partial charge in [-0.2, -0.15) is 0 Å². The first-order chi connectivity index (χ1) is 10.1. The van der Waals surface area contributed by atoms with Crippen LogP contribution in [0.15, 0.2) is 0 Å². The molecule has 0 aliphatic heterocycles. The van der Waals surface area contributed by atoms with Gasteiger partial charge in [0.2, 0.25) is 0 Å². The van der Waals surface area contributed by atoms with Crippen molar-refractivity contribution in [2.24, 2.45) is 11.3 Å². The number of carboxylic acid groups (broad SMARTS) is 1. The van der Waals surface area contributed by atoms with Gasteiger partial charge < -0.3 is 15.7 Å². The van der Waals surface area contributed by atoms with Gasteiger partial charge >= 0.3 is 12.0 Å². The Morgan fingerprint density at radius 3 is 2.43 bits per heavy atom. The number of carbonyl (C=O) groups excluding carboxylic acids is 1. The summed E-state index contributed by atoms with van der Waals surface area (Å²) in [7, 11) is 0. The summed E-state index contributed by atoms with van der Waals surface area (Å²) in [4.78, 5) is 23.6. The average molecular weight is 296 g/mol. The van der Waals surface area contributed by atoms with Crippen LogP contribution in [0.2, 0.25) is 0 Å². The van der Waals surface area contributed by atoms with Crippen molar-refractivity contribution >= 4 is 12.0 Å². The molecular formula is C16H28N2O3. The van der Waals surface area contributed by atoms with Crippen LogP contribution in [0.4, 0.5) is 4.79 Å². The first kappa shape index (κ1) is 16.1. The molecule has 2 fully saturated rings. The van der Waals surface area contributed by atoms with Gasteiger partial charge in [0.15, 0.2) is 0 Å². The predicted molar refractivity (Wildman–Crippen MR) is 81.1 cm³/mol. The third-order valence-electron chi connectivity index (χ3n) is 5.00. The molecule has 0 radical (unpaired) electrons. The van der Waals surface area contributed by atoms with E-state index < -0.39 is 11.4 Å². The molecule has 0 heterocycles. The first-order valence-electron chi connectivity index (χ1n) is 8.35. The predicted octanol–water partition coefficient (Wildman–Crippen LogP) is 2.90. The summed E-state index contributed by atoms with van der Waals surface area (Å²) in [5, 5.41) is 15.3. The van der Waals surface area contributed by atoms with Crippen LogP contribution in [-0.2, 0) is 4.79 Å². The maximum atomic E-state index is 11.9. The number of nitrogens with one attached hydrogen (secondary N) is 2. The molecule has 2 rings (SSSR count). The highest BCUT2D eigenvalue weighted by atomic mass is 16.4. The molecule has 2 saturated carbocycles. The van der Waals surface area contributed by atoms with E-state index in [0.29, 0.717) is 24.8 Å². The van der Waals surface area contributed by atoms with E-state index >= 15 is 0 Å². The number of carboxylic acids is 1. The fourth-order valence-corrected chi connectivity index (χ4v) is 3.45. The molecule has 2 aliphatic rings. The van der Waals surface area contributed by atoms with Gasteiger partial charge in [-0.15, -0.1) is 0 Å². The zero-order valence-corrected chi connectivity index (χ0v) is 13.0. The fraction of sp³-hybridized carbons (Fsp3) is 0.875. The summed E-state index contributed by atoms with van der Waals surface area (Å²) in [5.74, 6) is -0.146. The molecule has 5 nitrogen and oxygen atoms in total. The molecule has 21 heavy (non-hydrogen) atoms. The molecule has 3 N–H and O–H groups in total. The Bertz CT molecular complexity index is 376. The van der Waals surface area contributed by atoms with Crippen LogP contribution >= 0.6 is 0 Å². The Hall–Kier alpha value is -1.26. The van der Waals surface area contributed by atoms with Gasteiger partial charge in [0.05, 0.1) is 5.41 Å². The summed E-state index contributed by atoms with van der Waals surface area (Å²) >= 11 is 0. The van der Waals surface area contributed by atoms with E-state index in [1.54, 1.807) is 0 Å². The molecule has 0 spiro atoms. The minimum atomic E-state index is -0.764. The molecule has 5 heteroatoms. The van der Waals surface area contributed by atoms with Crippen molar-refractivity contribution in [3.05, 3.63) is 0 Å². The molecule has 120 valence electrons. The van der Waals surface area contributed by atoms with Gasteiger partial charge in [-0.25, -0.2) is 4.79 Å². The topological polar surface area (TPSA) is 78.4 Å². The van der Waals surface area contributed by atoms with E-state index in [1.807, 2.05) is 0 Å². The van der Waals surface area contributed by atoms with Crippen molar-refractivity contribution in [3.8, 4) is 0 Å². The number of aliphatic carboxylic acids is 1. The molecule has 2 aliphatic carbocycles. The van der Waals surface area contributed by atoms with Crippen molar-refractivity contribution < 1.29 is 14.7 Å². The van der Waals surface area contributed by atoms with Crippen LogP contribution in [0, 0.1) is 11.3 Å². The molecular weight excluding hydrogens is 268 g/mol. The molecule has 2 amide bonds. The number of rotatable bonds is 6. The van der Waals surface area contributed by atoms with Crippen molar-refractivity contribution in [2.75, 3.05) is 6.54 Å². The third kappa shape index (κ3) is 4.35. The molecule has 0 aromatic rings. The Morgan fingerprint density at radius 2 is 1.86 bits per heavy atom. The Kier molecular flexibility index (Phi) is 5.48. The summed E-state index contributed by atoms with van der Waals surface area (Å²) in [6, 6.07) is 0.0864. The number of urea groups is 1. The molecule has 0 bridgehead atoms. The Balaban J connectivity index is 1.79. The van der Waals surface area contributed by atoms with Crippen LogP contribution in [0.5, 0.6) is 0 Å². The minimum Gasteiger partial charge on any atom is -0.481 e. The largest absolute Gasteiger partial charge is 0.481 e. The van der Waals surface area contributed by atoms with E-state index in [-0.39, 0.29) is 12.6 Å². The second kappa shape index (κ2) is 7.14. The number of hydrogen-bond donors (Lipinski definition) is 3. The Morgan fingerprint density at radius 1 is 1.19 bits per heavy atom. The first-order valence-corrected chi connectivity index (χ1v) is 8.35. The van der Waals surface area contributed by atoms with E-state index in [1.165, 1.54) is 0 Å². The van der Waals surface area contributed by atoms with Gasteiger partial charge in [-0.3, -0.25) is 4.79 Å². The van der Waals surface area contributed by atoms with Gasteiger partial charge in [-0.05, 0) is 31.6 Å². The molecule has 2 atom stereocenters. The lowest BCUT2D eigenvalue weighted by molar-refractivity contribution is -0.149. The normalized spacial score (nSPS) is 27.5. The van der Waals surface area contributed by atoms with Gasteiger partial charge in [0, 0.05) is 12.6 Å². The molecule has 0 saturated heterocycles. The summed E-state index contributed by atoms with van der Waals surface area (Å²) in [6.07, 6.45) is 8.79. The zero-order valence-electron chi connectivity index (χ0n) is 13.0. The van der Waals surface area contributed by atoms with Gasteiger partial charge in [-0.1, -0.05) is 39.0 Å². The third-order valence-corrected chi connectivity index (χ3v) is 5.00. The summed E-state index contributed by atoms with van der Waals surface area (Å²) in [6.45, 7) is 2.40. The van der Waals surface area contributed by atoms with Gasteiger partial charge in [0.1, 0.15) is 0 Å². The van der Waals surface area contributed by atoms with Crippen molar-refractivity contribution in [2.45, 2.75) is 70.8 Å². The molecule has 2 unspecified atom stereocenters. The fourth-order valence-electron chi connectivity index (χ4n) is 3.45. The minimum absolute atomic E-state index is 0.205. The molecule has 0 aromatic heterocycles. The van der Waals surface area contributed by atoms with Crippen LogP contribution in [-0.4, -0.2) is 29.7 Å². The quantitative estimate of drug-likeness (QED) is 0.659. The lowest BCUT2D eigenvalue weighted by atomic mass is 9.80. The number of hydrogen-bond acceptors (Lipinski definition) is 2. The number of carbonyl (C=O) groups is 2. The molecule has 0 aromatic carbocycles. The van der Waals surface area contributed by atoms with Crippen LogP contribution in [0.3, 0.4) is 0 Å². The highest BCUT2D eigenvalue weighted by Gasteiger charge is 2.40. The zero-order chi connectivity index (χ0) is 15.3. The van der Waals surface area contributed by atoms with Crippen molar-refractivity contribution in [1.82, 2.24) is 10.6 Å². The van der Waals surface area contributed by atoms with Gasteiger partial charge in [0.25, 0.3) is 0 Å². The smallest absolute Gasteiger partial charge is 0.315 e. The average Bonchev–Trinajstić information content (AvgIpc) is 3.20. The lowest BCUT2D eigenvalue weighted by Crippen LogP contribution is -2.46. The summed E-state index contributed by atoms with van der Waals surface area (Å²) < 4.78 is 0. The van der Waals surface area contributed by atoms with E-state index in [9.17, 15) is 14.7 Å². The maximum absolute atomic E-state index is 11.9. The standard InChI is InChI=1S/C16H28N2O3/c1-2-7-12-10-13(12)18-15(21)17-11-16(14(19)20)8-5-3-4-6-9-16/h12-13H,2-11H2,1H3,(H,19,20)(H2,17,18,21). The monoisotopic (exact) mass is 296 g/mol. The maximum Gasteiger partial charge on any atom is 0.315 e. The highest BCUT2D eigenvalue weighted by molar-refractivity contribution is 5.78. The second-order valence-electron chi connectivity index (χ2n) is 6.72. The summed E-state index contributed by atoms with van der Waals surface area (Å²) in [5.41, 5.74) is -0.764. The lowest BCUT2D eigenvalue weighted by Gasteiger charge is -2.28. The van der Waals surface area contributed by atoms with Crippen LogP contribution < -0.4 is 10.6 Å². The van der Waals surface area contributed by atoms with Crippen LogP contribution in [0.25, 0.3) is 0 Å². The van der Waals surface area contributed by atoms with Crippen LogP contribution in [0.1, 0.15) is 64.7 Å².